The van der Waals surface area contributed by atoms with Gasteiger partial charge in [0.2, 0.25) is 5.91 Å². The predicted octanol–water partition coefficient (Wildman–Crippen LogP) is 0.956. The van der Waals surface area contributed by atoms with E-state index in [0.717, 1.165) is 31.0 Å². The number of thioether (sulfide) groups is 1. The molecule has 9 heteroatoms. The maximum absolute atomic E-state index is 11.5. The monoisotopic (exact) mass is 389 g/mol. The first-order valence-corrected chi connectivity index (χ1v) is 9.76. The molecule has 0 saturated carbocycles. The SMILES string of the molecule is CCc1cc(N2CCN(C(C)=O)CC2)nc(SCc2ccc(C(=O)[O-])o2)n1. The van der Waals surface area contributed by atoms with E-state index in [2.05, 4.69) is 14.9 Å². The van der Waals surface area contributed by atoms with Crippen molar-refractivity contribution in [2.75, 3.05) is 31.1 Å². The molecule has 1 saturated heterocycles. The highest BCUT2D eigenvalue weighted by atomic mass is 32.2. The number of furan rings is 1. The molecule has 1 aliphatic heterocycles. The molecule has 0 radical (unpaired) electrons. The first-order valence-electron chi connectivity index (χ1n) is 8.77. The number of carbonyl (C=O) groups is 2. The Morgan fingerprint density at radius 3 is 2.56 bits per heavy atom. The number of aromatic carboxylic acids is 1. The molecule has 27 heavy (non-hydrogen) atoms. The molecule has 2 aromatic rings. The van der Waals surface area contributed by atoms with Crippen LogP contribution < -0.4 is 10.0 Å². The molecular formula is C18H21N4O4S-. The summed E-state index contributed by atoms with van der Waals surface area (Å²) < 4.78 is 5.22. The van der Waals surface area contributed by atoms with Gasteiger partial charge in [0.15, 0.2) is 5.16 Å². The van der Waals surface area contributed by atoms with E-state index in [9.17, 15) is 14.7 Å². The van der Waals surface area contributed by atoms with Crippen molar-refractivity contribution >= 4 is 29.5 Å². The van der Waals surface area contributed by atoms with Crippen molar-refractivity contribution in [1.29, 1.82) is 0 Å². The van der Waals surface area contributed by atoms with Crippen LogP contribution in [-0.4, -0.2) is 52.9 Å². The number of amides is 1. The van der Waals surface area contributed by atoms with Gasteiger partial charge in [-0.3, -0.25) is 4.79 Å². The molecule has 2 aromatic heterocycles. The molecule has 0 spiro atoms. The fourth-order valence-electron chi connectivity index (χ4n) is 2.82. The fourth-order valence-corrected chi connectivity index (χ4v) is 3.58. The van der Waals surface area contributed by atoms with Crippen LogP contribution in [0.15, 0.2) is 27.8 Å². The maximum atomic E-state index is 11.5. The highest BCUT2D eigenvalue weighted by Gasteiger charge is 2.20. The van der Waals surface area contributed by atoms with Crippen molar-refractivity contribution in [3.63, 3.8) is 0 Å². The zero-order chi connectivity index (χ0) is 19.4. The van der Waals surface area contributed by atoms with Crippen molar-refractivity contribution in [3.8, 4) is 0 Å². The molecule has 1 amide bonds. The van der Waals surface area contributed by atoms with E-state index in [1.54, 1.807) is 13.0 Å². The lowest BCUT2D eigenvalue weighted by Crippen LogP contribution is -2.48. The first-order chi connectivity index (χ1) is 13.0. The second-order valence-corrected chi connectivity index (χ2v) is 7.13. The minimum absolute atomic E-state index is 0.0946. The number of rotatable bonds is 6. The fraction of sp³-hybridized carbons (Fsp3) is 0.444. The number of carboxylic acid groups (broad SMARTS) is 1. The summed E-state index contributed by atoms with van der Waals surface area (Å²) >= 11 is 1.39. The highest BCUT2D eigenvalue weighted by molar-refractivity contribution is 7.98. The van der Waals surface area contributed by atoms with Crippen molar-refractivity contribution in [2.45, 2.75) is 31.2 Å². The van der Waals surface area contributed by atoms with E-state index in [-0.39, 0.29) is 11.7 Å². The lowest BCUT2D eigenvalue weighted by atomic mass is 10.2. The third-order valence-electron chi connectivity index (χ3n) is 4.36. The summed E-state index contributed by atoms with van der Waals surface area (Å²) in [6, 6.07) is 4.98. The number of carboxylic acids is 1. The van der Waals surface area contributed by atoms with E-state index in [0.29, 0.717) is 29.8 Å². The summed E-state index contributed by atoms with van der Waals surface area (Å²) in [5.74, 6) is 0.388. The van der Waals surface area contributed by atoms with E-state index in [4.69, 9.17) is 4.42 Å². The van der Waals surface area contributed by atoms with Gasteiger partial charge in [0.1, 0.15) is 23.3 Å². The third kappa shape index (κ3) is 4.79. The van der Waals surface area contributed by atoms with Gasteiger partial charge in [-0.15, -0.1) is 0 Å². The van der Waals surface area contributed by atoms with Crippen LogP contribution in [0.5, 0.6) is 0 Å². The minimum atomic E-state index is -1.33. The summed E-state index contributed by atoms with van der Waals surface area (Å²) in [5, 5.41) is 11.4. The lowest BCUT2D eigenvalue weighted by Gasteiger charge is -2.35. The molecule has 0 bridgehead atoms. The van der Waals surface area contributed by atoms with Crippen molar-refractivity contribution in [2.24, 2.45) is 0 Å². The molecule has 3 heterocycles. The second-order valence-electron chi connectivity index (χ2n) is 6.19. The molecule has 8 nitrogen and oxygen atoms in total. The van der Waals surface area contributed by atoms with Crippen LogP contribution in [0.1, 0.15) is 35.9 Å². The summed E-state index contributed by atoms with van der Waals surface area (Å²) in [5.41, 5.74) is 0.936. The Morgan fingerprint density at radius 2 is 1.96 bits per heavy atom. The second kappa shape index (κ2) is 8.43. The summed E-state index contributed by atoms with van der Waals surface area (Å²) in [4.78, 5) is 35.4. The normalized spacial score (nSPS) is 14.4. The van der Waals surface area contributed by atoms with Gasteiger partial charge in [0.05, 0.1) is 5.75 Å². The van der Waals surface area contributed by atoms with Crippen molar-refractivity contribution in [3.05, 3.63) is 35.4 Å². The Balaban J connectivity index is 1.69. The number of anilines is 1. The molecule has 0 aromatic carbocycles. The van der Waals surface area contributed by atoms with E-state index < -0.39 is 5.97 Å². The van der Waals surface area contributed by atoms with Crippen LogP contribution in [0.2, 0.25) is 0 Å². The number of aromatic nitrogens is 2. The maximum Gasteiger partial charge on any atom is 0.219 e. The predicted molar refractivity (Wildman–Crippen MR) is 98.5 cm³/mol. The Hall–Kier alpha value is -2.55. The van der Waals surface area contributed by atoms with Crippen molar-refractivity contribution < 1.29 is 19.1 Å². The molecule has 1 fully saturated rings. The van der Waals surface area contributed by atoms with Crippen LogP contribution in [0, 0.1) is 0 Å². The van der Waals surface area contributed by atoms with Crippen LogP contribution >= 0.6 is 11.8 Å². The van der Waals surface area contributed by atoms with Crippen LogP contribution in [-0.2, 0) is 17.0 Å². The van der Waals surface area contributed by atoms with Crippen LogP contribution in [0.25, 0.3) is 0 Å². The van der Waals surface area contributed by atoms with Crippen molar-refractivity contribution in [1.82, 2.24) is 14.9 Å². The number of piperazine rings is 1. The quantitative estimate of drug-likeness (QED) is 0.532. The zero-order valence-electron chi connectivity index (χ0n) is 15.3. The molecule has 0 unspecified atom stereocenters. The minimum Gasteiger partial charge on any atom is -0.542 e. The molecule has 144 valence electrons. The van der Waals surface area contributed by atoms with Gasteiger partial charge < -0.3 is 24.1 Å². The Morgan fingerprint density at radius 1 is 1.22 bits per heavy atom. The average Bonchev–Trinajstić information content (AvgIpc) is 3.15. The van der Waals surface area contributed by atoms with E-state index in [1.807, 2.05) is 17.9 Å². The van der Waals surface area contributed by atoms with Gasteiger partial charge >= 0.3 is 0 Å². The van der Waals surface area contributed by atoms with E-state index in [1.165, 1.54) is 17.8 Å². The smallest absolute Gasteiger partial charge is 0.219 e. The summed E-state index contributed by atoms with van der Waals surface area (Å²) in [6.45, 7) is 6.45. The van der Waals surface area contributed by atoms with Gasteiger partial charge in [-0.05, 0) is 18.6 Å². The standard InChI is InChI=1S/C18H22N4O4S/c1-3-13-10-16(22-8-6-21(7-9-22)12(2)23)20-18(19-13)27-11-14-4-5-15(26-14)17(24)25/h4-5,10H,3,6-9,11H2,1-2H3,(H,24,25)/p-1. The molecule has 1 aliphatic rings. The lowest BCUT2D eigenvalue weighted by molar-refractivity contribution is -0.257. The van der Waals surface area contributed by atoms with Crippen LogP contribution in [0.4, 0.5) is 5.82 Å². The number of carbonyl (C=O) groups excluding carboxylic acids is 2. The number of hydrogen-bond acceptors (Lipinski definition) is 8. The first kappa shape index (κ1) is 19.2. The molecule has 0 N–H and O–H groups in total. The average molecular weight is 389 g/mol. The van der Waals surface area contributed by atoms with Gasteiger partial charge in [-0.2, -0.15) is 0 Å². The van der Waals surface area contributed by atoms with Gasteiger partial charge in [0.25, 0.3) is 0 Å². The summed E-state index contributed by atoms with van der Waals surface area (Å²) in [6.07, 6.45) is 0.784. The Bertz CT molecular complexity index is 831. The van der Waals surface area contributed by atoms with Gasteiger partial charge in [-0.25, -0.2) is 9.97 Å². The third-order valence-corrected chi connectivity index (χ3v) is 5.23. The molecule has 0 atom stereocenters. The number of nitrogens with zero attached hydrogens (tertiary/aromatic N) is 4. The topological polar surface area (TPSA) is 103 Å². The summed E-state index contributed by atoms with van der Waals surface area (Å²) in [7, 11) is 0. The zero-order valence-corrected chi connectivity index (χ0v) is 16.1. The van der Waals surface area contributed by atoms with Gasteiger partial charge in [0, 0.05) is 44.9 Å². The number of aryl methyl sites for hydroxylation is 1. The molecule has 3 rings (SSSR count). The molecule has 0 aliphatic carbocycles. The largest absolute Gasteiger partial charge is 0.542 e. The van der Waals surface area contributed by atoms with E-state index >= 15 is 0 Å². The number of hydrogen-bond donors (Lipinski definition) is 0. The highest BCUT2D eigenvalue weighted by Crippen LogP contribution is 2.24. The Labute approximate surface area is 161 Å². The van der Waals surface area contributed by atoms with Gasteiger partial charge in [-0.1, -0.05) is 18.7 Å². The Kier molecular flexibility index (Phi) is 6.00. The molecular weight excluding hydrogens is 368 g/mol. The van der Waals surface area contributed by atoms with Crippen LogP contribution in [0.3, 0.4) is 0 Å².